The van der Waals surface area contributed by atoms with E-state index >= 15 is 0 Å². The van der Waals surface area contributed by atoms with Crippen molar-refractivity contribution < 1.29 is 4.79 Å². The summed E-state index contributed by atoms with van der Waals surface area (Å²) in [6.45, 7) is 4.22. The molecule has 0 aromatic heterocycles. The molecule has 1 heterocycles. The maximum absolute atomic E-state index is 11.8. The Balaban J connectivity index is 2.22. The maximum atomic E-state index is 11.8. The summed E-state index contributed by atoms with van der Waals surface area (Å²) >= 11 is 0. The van der Waals surface area contributed by atoms with E-state index in [4.69, 9.17) is 0 Å². The number of fused-ring (bicyclic) bond motifs is 2. The van der Waals surface area contributed by atoms with Crippen molar-refractivity contribution in [1.29, 1.82) is 0 Å². The highest BCUT2D eigenvalue weighted by atomic mass is 16.2. The number of amides is 1. The minimum Gasteiger partial charge on any atom is -0.325 e. The normalized spacial score (nSPS) is 33.0. The quantitative estimate of drug-likeness (QED) is 0.663. The van der Waals surface area contributed by atoms with E-state index in [2.05, 4.69) is 25.2 Å². The van der Waals surface area contributed by atoms with Gasteiger partial charge in [0, 0.05) is 5.69 Å². The summed E-state index contributed by atoms with van der Waals surface area (Å²) in [4.78, 5) is 11.8. The molecule has 2 unspecified atom stereocenters. The molecule has 1 aromatic rings. The van der Waals surface area contributed by atoms with Gasteiger partial charge in [-0.25, -0.2) is 0 Å². The summed E-state index contributed by atoms with van der Waals surface area (Å²) in [5, 5.41) is 2.97. The molecule has 1 saturated carbocycles. The Morgan fingerprint density at radius 3 is 2.86 bits per heavy atom. The molecule has 0 saturated heterocycles. The van der Waals surface area contributed by atoms with Crippen molar-refractivity contribution in [3.63, 3.8) is 0 Å². The molecule has 2 nitrogen and oxygen atoms in total. The smallest absolute Gasteiger partial charge is 0.235 e. The molecule has 72 valence electrons. The molecule has 1 N–H and O–H groups in total. The van der Waals surface area contributed by atoms with Crippen molar-refractivity contribution in [1.82, 2.24) is 0 Å². The number of anilines is 1. The van der Waals surface area contributed by atoms with E-state index < -0.39 is 0 Å². The minimum atomic E-state index is -0.165. The Labute approximate surface area is 83.3 Å². The van der Waals surface area contributed by atoms with Crippen LogP contribution in [0.5, 0.6) is 0 Å². The van der Waals surface area contributed by atoms with Crippen molar-refractivity contribution >= 4 is 11.6 Å². The molecule has 14 heavy (non-hydrogen) atoms. The van der Waals surface area contributed by atoms with Gasteiger partial charge in [-0.1, -0.05) is 24.6 Å². The van der Waals surface area contributed by atoms with E-state index in [-0.39, 0.29) is 11.3 Å². The highest BCUT2D eigenvalue weighted by molar-refractivity contribution is 6.08. The molecule has 0 radical (unpaired) electrons. The van der Waals surface area contributed by atoms with Crippen LogP contribution in [0.25, 0.3) is 0 Å². The van der Waals surface area contributed by atoms with Crippen LogP contribution in [0.3, 0.4) is 0 Å². The van der Waals surface area contributed by atoms with E-state index in [0.717, 1.165) is 12.1 Å². The second kappa shape index (κ2) is 2.19. The van der Waals surface area contributed by atoms with Gasteiger partial charge in [-0.2, -0.15) is 0 Å². The van der Waals surface area contributed by atoms with Crippen molar-refractivity contribution in [3.8, 4) is 0 Å². The molecule has 3 rings (SSSR count). The third-order valence-electron chi connectivity index (χ3n) is 3.62. The average Bonchev–Trinajstić information content (AvgIpc) is 2.74. The third-order valence-corrected chi connectivity index (χ3v) is 3.62. The Morgan fingerprint density at radius 2 is 2.21 bits per heavy atom. The van der Waals surface area contributed by atoms with E-state index in [1.165, 1.54) is 11.1 Å². The Bertz CT molecular complexity index is 438. The Hall–Kier alpha value is -1.31. The average molecular weight is 187 g/mol. The molecular weight excluding hydrogens is 174 g/mol. The molecule has 2 heteroatoms. The van der Waals surface area contributed by atoms with Crippen LogP contribution in [0.4, 0.5) is 5.69 Å². The monoisotopic (exact) mass is 187 g/mol. The Morgan fingerprint density at radius 1 is 1.50 bits per heavy atom. The van der Waals surface area contributed by atoms with Gasteiger partial charge in [0.05, 0.1) is 5.41 Å². The van der Waals surface area contributed by atoms with Gasteiger partial charge in [0.25, 0.3) is 0 Å². The summed E-state index contributed by atoms with van der Waals surface area (Å²) in [6, 6.07) is 6.21. The highest BCUT2D eigenvalue weighted by Gasteiger charge is 2.62. The first-order valence-electron chi connectivity index (χ1n) is 5.07. The zero-order valence-corrected chi connectivity index (χ0v) is 8.42. The fraction of sp³-hybridized carbons (Fsp3) is 0.417. The van der Waals surface area contributed by atoms with Crippen molar-refractivity contribution in [2.45, 2.75) is 25.7 Å². The lowest BCUT2D eigenvalue weighted by Gasteiger charge is -2.06. The predicted molar refractivity (Wildman–Crippen MR) is 55.3 cm³/mol. The van der Waals surface area contributed by atoms with Crippen LogP contribution in [0.2, 0.25) is 0 Å². The first kappa shape index (κ1) is 8.04. The highest BCUT2D eigenvalue weighted by Crippen LogP contribution is 2.59. The first-order chi connectivity index (χ1) is 6.64. The number of nitrogens with one attached hydrogen (secondary N) is 1. The van der Waals surface area contributed by atoms with Crippen LogP contribution >= 0.6 is 0 Å². The number of hydrogen-bond donors (Lipinski definition) is 1. The molecule has 1 aliphatic heterocycles. The van der Waals surface area contributed by atoms with Gasteiger partial charge in [0.1, 0.15) is 0 Å². The van der Waals surface area contributed by atoms with E-state index in [1.54, 1.807) is 0 Å². The molecule has 1 aliphatic carbocycles. The van der Waals surface area contributed by atoms with Gasteiger partial charge in [-0.15, -0.1) is 0 Å². The molecule has 1 amide bonds. The number of rotatable bonds is 0. The maximum Gasteiger partial charge on any atom is 0.235 e. The summed E-state index contributed by atoms with van der Waals surface area (Å²) in [7, 11) is 0. The summed E-state index contributed by atoms with van der Waals surface area (Å²) in [5.74, 6) is 0.705. The number of aryl methyl sites for hydroxylation is 1. The standard InChI is InChI=1S/C12H13NO/c1-7-3-4-10-9(5-7)12(6-8(12)2)11(14)13-10/h3-5,8H,6H2,1-2H3,(H,13,14). The third kappa shape index (κ3) is 0.746. The van der Waals surface area contributed by atoms with E-state index in [1.807, 2.05) is 12.1 Å². The lowest BCUT2D eigenvalue weighted by atomic mass is 9.94. The number of benzene rings is 1. The molecule has 1 fully saturated rings. The van der Waals surface area contributed by atoms with Crippen LogP contribution in [0.1, 0.15) is 24.5 Å². The van der Waals surface area contributed by atoms with E-state index in [9.17, 15) is 4.79 Å². The van der Waals surface area contributed by atoms with Crippen molar-refractivity contribution in [2.75, 3.05) is 5.32 Å². The van der Waals surface area contributed by atoms with Gasteiger partial charge in [-0.3, -0.25) is 4.79 Å². The fourth-order valence-electron chi connectivity index (χ4n) is 2.61. The van der Waals surface area contributed by atoms with Crippen molar-refractivity contribution in [3.05, 3.63) is 29.3 Å². The number of hydrogen-bond acceptors (Lipinski definition) is 1. The minimum absolute atomic E-state index is 0.165. The summed E-state index contributed by atoms with van der Waals surface area (Å²) < 4.78 is 0. The Kier molecular flexibility index (Phi) is 1.26. The largest absolute Gasteiger partial charge is 0.325 e. The molecule has 0 bridgehead atoms. The van der Waals surface area contributed by atoms with Crippen LogP contribution in [-0.2, 0) is 10.2 Å². The number of carbonyl (C=O) groups is 1. The SMILES string of the molecule is Cc1ccc2c(c1)C1(CC1C)C(=O)N2. The van der Waals surface area contributed by atoms with Crippen LogP contribution in [-0.4, -0.2) is 5.91 Å². The van der Waals surface area contributed by atoms with Crippen LogP contribution in [0.15, 0.2) is 18.2 Å². The molecule has 2 atom stereocenters. The van der Waals surface area contributed by atoms with Gasteiger partial charge in [0.2, 0.25) is 5.91 Å². The van der Waals surface area contributed by atoms with Gasteiger partial charge in [-0.05, 0) is 30.9 Å². The fourth-order valence-corrected chi connectivity index (χ4v) is 2.61. The lowest BCUT2D eigenvalue weighted by Crippen LogP contribution is -2.20. The zero-order chi connectivity index (χ0) is 9.92. The lowest BCUT2D eigenvalue weighted by molar-refractivity contribution is -0.118. The molecule has 1 aromatic carbocycles. The molecule has 1 spiro atoms. The second-order valence-electron chi connectivity index (χ2n) is 4.58. The summed E-state index contributed by atoms with van der Waals surface area (Å²) in [5.41, 5.74) is 3.31. The molecular formula is C12H13NO. The van der Waals surface area contributed by atoms with Crippen LogP contribution < -0.4 is 5.32 Å². The van der Waals surface area contributed by atoms with Crippen molar-refractivity contribution in [2.24, 2.45) is 5.92 Å². The van der Waals surface area contributed by atoms with Crippen LogP contribution in [0, 0.1) is 12.8 Å². The first-order valence-corrected chi connectivity index (χ1v) is 5.07. The predicted octanol–water partition coefficient (Wildman–Crippen LogP) is 2.22. The van der Waals surface area contributed by atoms with Gasteiger partial charge >= 0.3 is 0 Å². The summed E-state index contributed by atoms with van der Waals surface area (Å²) in [6.07, 6.45) is 1.01. The topological polar surface area (TPSA) is 29.1 Å². The molecule has 2 aliphatic rings. The number of carbonyl (C=O) groups excluding carboxylic acids is 1. The zero-order valence-electron chi connectivity index (χ0n) is 8.42. The second-order valence-corrected chi connectivity index (χ2v) is 4.58. The van der Waals surface area contributed by atoms with Gasteiger partial charge < -0.3 is 5.32 Å². The van der Waals surface area contributed by atoms with E-state index in [0.29, 0.717) is 5.92 Å². The van der Waals surface area contributed by atoms with Gasteiger partial charge in [0.15, 0.2) is 0 Å².